The average molecular weight is 312 g/mol. The van der Waals surface area contributed by atoms with Crippen LogP contribution in [0.3, 0.4) is 0 Å². The Hall–Kier alpha value is -1.03. The van der Waals surface area contributed by atoms with E-state index in [-0.39, 0.29) is 6.10 Å². The van der Waals surface area contributed by atoms with Crippen LogP contribution in [0.1, 0.15) is 57.1 Å². The Bertz CT molecular complexity index is 492. The van der Waals surface area contributed by atoms with Gasteiger partial charge in [0.05, 0.1) is 12.7 Å². The number of hydrogen-bond donors (Lipinski definition) is 0. The van der Waals surface area contributed by atoms with Crippen LogP contribution in [-0.4, -0.2) is 6.61 Å². The summed E-state index contributed by atoms with van der Waals surface area (Å²) >= 11 is 0. The van der Waals surface area contributed by atoms with Gasteiger partial charge in [-0.1, -0.05) is 19.8 Å². The Morgan fingerprint density at radius 3 is 2.00 bits per heavy atom. The van der Waals surface area contributed by atoms with E-state index in [1.165, 1.54) is 25.7 Å². The molecule has 0 bridgehead atoms. The van der Waals surface area contributed by atoms with Gasteiger partial charge in [-0.15, -0.1) is 0 Å². The van der Waals surface area contributed by atoms with Gasteiger partial charge in [-0.3, -0.25) is 0 Å². The Morgan fingerprint density at radius 2 is 1.45 bits per heavy atom. The number of benzene rings is 1. The number of rotatable bonds is 2. The summed E-state index contributed by atoms with van der Waals surface area (Å²) in [6, 6.07) is 2.12. The lowest BCUT2D eigenvalue weighted by molar-refractivity contribution is -0.0402. The third-order valence-corrected chi connectivity index (χ3v) is 5.42. The van der Waals surface area contributed by atoms with Gasteiger partial charge in [0.15, 0.2) is 17.5 Å². The summed E-state index contributed by atoms with van der Waals surface area (Å²) in [5, 5.41) is 0. The predicted octanol–water partition coefficient (Wildman–Crippen LogP) is 5.40. The first kappa shape index (κ1) is 15.9. The van der Waals surface area contributed by atoms with Crippen LogP contribution in [0.15, 0.2) is 12.1 Å². The highest BCUT2D eigenvalue weighted by Crippen LogP contribution is 2.40. The Kier molecular flexibility index (Phi) is 4.76. The quantitative estimate of drug-likeness (QED) is 0.665. The molecule has 1 aromatic rings. The first-order chi connectivity index (χ1) is 10.5. The minimum Gasteiger partial charge on any atom is -0.373 e. The maximum absolute atomic E-state index is 13.3. The third-order valence-electron chi connectivity index (χ3n) is 5.42. The maximum Gasteiger partial charge on any atom is 0.194 e. The van der Waals surface area contributed by atoms with E-state index < -0.39 is 17.5 Å². The van der Waals surface area contributed by atoms with Crippen LogP contribution >= 0.6 is 0 Å². The largest absolute Gasteiger partial charge is 0.373 e. The summed E-state index contributed by atoms with van der Waals surface area (Å²) < 4.78 is 45.5. The van der Waals surface area contributed by atoms with Gasteiger partial charge in [0, 0.05) is 0 Å². The molecule has 0 radical (unpaired) electrons. The third kappa shape index (κ3) is 3.32. The van der Waals surface area contributed by atoms with Crippen LogP contribution in [-0.2, 0) is 4.74 Å². The van der Waals surface area contributed by atoms with Gasteiger partial charge in [-0.05, 0) is 61.1 Å². The van der Waals surface area contributed by atoms with Gasteiger partial charge in [0.25, 0.3) is 0 Å². The fraction of sp³-hybridized carbons (Fsp3) is 0.667. The zero-order valence-electron chi connectivity index (χ0n) is 13.0. The minimum atomic E-state index is -1.41. The summed E-state index contributed by atoms with van der Waals surface area (Å²) in [5.41, 5.74) is 0.409. The second-order valence-corrected chi connectivity index (χ2v) is 6.98. The molecule has 1 aliphatic heterocycles. The molecule has 3 rings (SSSR count). The molecule has 0 amide bonds. The van der Waals surface area contributed by atoms with Crippen molar-refractivity contribution in [3.8, 4) is 0 Å². The lowest BCUT2D eigenvalue weighted by Gasteiger charge is -2.37. The molecule has 2 aliphatic rings. The highest BCUT2D eigenvalue weighted by atomic mass is 19.2. The summed E-state index contributed by atoms with van der Waals surface area (Å²) in [6.45, 7) is 2.95. The second kappa shape index (κ2) is 6.61. The van der Waals surface area contributed by atoms with Crippen molar-refractivity contribution in [2.24, 2.45) is 17.8 Å². The van der Waals surface area contributed by atoms with Crippen LogP contribution in [0.4, 0.5) is 13.2 Å². The number of ether oxygens (including phenoxy) is 1. The van der Waals surface area contributed by atoms with E-state index in [4.69, 9.17) is 4.74 Å². The Balaban J connectivity index is 1.60. The molecule has 0 N–H and O–H groups in total. The van der Waals surface area contributed by atoms with E-state index in [0.29, 0.717) is 18.1 Å². The van der Waals surface area contributed by atoms with Crippen molar-refractivity contribution in [1.29, 1.82) is 0 Å². The Labute approximate surface area is 129 Å². The van der Waals surface area contributed by atoms with Crippen molar-refractivity contribution in [2.75, 3.05) is 6.61 Å². The fourth-order valence-electron chi connectivity index (χ4n) is 3.92. The summed E-state index contributed by atoms with van der Waals surface area (Å²) in [5.74, 6) is -1.57. The molecule has 1 aliphatic carbocycles. The van der Waals surface area contributed by atoms with E-state index in [9.17, 15) is 13.2 Å². The zero-order chi connectivity index (χ0) is 15.7. The van der Waals surface area contributed by atoms with Gasteiger partial charge in [-0.25, -0.2) is 13.2 Å². The first-order valence-electron chi connectivity index (χ1n) is 8.30. The van der Waals surface area contributed by atoms with Crippen molar-refractivity contribution in [3.63, 3.8) is 0 Å². The van der Waals surface area contributed by atoms with E-state index in [1.54, 1.807) is 0 Å². The lowest BCUT2D eigenvalue weighted by Crippen LogP contribution is -2.29. The van der Waals surface area contributed by atoms with Gasteiger partial charge >= 0.3 is 0 Å². The summed E-state index contributed by atoms with van der Waals surface area (Å²) in [4.78, 5) is 0. The molecule has 122 valence electrons. The molecule has 1 nitrogen and oxygen atoms in total. The topological polar surface area (TPSA) is 9.23 Å². The average Bonchev–Trinajstić information content (AvgIpc) is 2.53. The molecule has 1 unspecified atom stereocenters. The smallest absolute Gasteiger partial charge is 0.194 e. The molecule has 0 spiro atoms. The summed E-state index contributed by atoms with van der Waals surface area (Å²) in [7, 11) is 0. The fourth-order valence-corrected chi connectivity index (χ4v) is 3.92. The van der Waals surface area contributed by atoms with Gasteiger partial charge in [-0.2, -0.15) is 0 Å². The normalized spacial score (nSPS) is 32.9. The molecule has 1 aromatic carbocycles. The predicted molar refractivity (Wildman–Crippen MR) is 78.9 cm³/mol. The Morgan fingerprint density at radius 1 is 0.864 bits per heavy atom. The number of halogens is 3. The standard InChI is InChI=1S/C18H23F3O/c1-11-2-4-12(5-3-11)13-6-7-17(22-10-13)14-8-15(19)18(21)16(20)9-14/h8-9,11-13,17H,2-7,10H2,1H3/t11?,12?,13?,17-/m0/s1. The summed E-state index contributed by atoms with van der Waals surface area (Å²) in [6.07, 6.45) is 6.56. The van der Waals surface area contributed by atoms with Crippen molar-refractivity contribution in [1.82, 2.24) is 0 Å². The highest BCUT2D eigenvalue weighted by molar-refractivity contribution is 5.22. The molecular weight excluding hydrogens is 289 g/mol. The maximum atomic E-state index is 13.3. The van der Waals surface area contributed by atoms with Crippen LogP contribution in [0.25, 0.3) is 0 Å². The molecule has 4 heteroatoms. The van der Waals surface area contributed by atoms with Crippen LogP contribution in [0.2, 0.25) is 0 Å². The molecule has 2 fully saturated rings. The molecule has 2 atom stereocenters. The van der Waals surface area contributed by atoms with Crippen LogP contribution < -0.4 is 0 Å². The van der Waals surface area contributed by atoms with Crippen molar-refractivity contribution >= 4 is 0 Å². The minimum absolute atomic E-state index is 0.316. The van der Waals surface area contributed by atoms with Gasteiger partial charge < -0.3 is 4.74 Å². The molecule has 0 aromatic heterocycles. The molecule has 1 saturated heterocycles. The van der Waals surface area contributed by atoms with Gasteiger partial charge in [0.1, 0.15) is 0 Å². The van der Waals surface area contributed by atoms with E-state index in [1.807, 2.05) is 0 Å². The SMILES string of the molecule is CC1CCC(C2CC[C@@H](c3cc(F)c(F)c(F)c3)OC2)CC1. The lowest BCUT2D eigenvalue weighted by atomic mass is 9.74. The van der Waals surface area contributed by atoms with Crippen molar-refractivity contribution in [2.45, 2.75) is 51.6 Å². The van der Waals surface area contributed by atoms with Crippen molar-refractivity contribution in [3.05, 3.63) is 35.1 Å². The number of hydrogen-bond acceptors (Lipinski definition) is 1. The first-order valence-corrected chi connectivity index (χ1v) is 8.30. The van der Waals surface area contributed by atoms with E-state index in [2.05, 4.69) is 6.92 Å². The molecular formula is C18H23F3O. The van der Waals surface area contributed by atoms with Crippen LogP contribution in [0, 0.1) is 35.2 Å². The molecule has 1 saturated carbocycles. The zero-order valence-corrected chi connectivity index (χ0v) is 13.0. The van der Waals surface area contributed by atoms with Crippen LogP contribution in [0.5, 0.6) is 0 Å². The van der Waals surface area contributed by atoms with Gasteiger partial charge in [0.2, 0.25) is 0 Å². The molecule has 22 heavy (non-hydrogen) atoms. The highest BCUT2D eigenvalue weighted by Gasteiger charge is 2.31. The monoisotopic (exact) mass is 312 g/mol. The molecule has 1 heterocycles. The van der Waals surface area contributed by atoms with E-state index >= 15 is 0 Å². The van der Waals surface area contributed by atoms with Crippen molar-refractivity contribution < 1.29 is 17.9 Å². The van der Waals surface area contributed by atoms with E-state index in [0.717, 1.165) is 36.8 Å². The second-order valence-electron chi connectivity index (χ2n) is 6.98.